The van der Waals surface area contributed by atoms with Gasteiger partial charge in [0.1, 0.15) is 18.9 Å². The van der Waals surface area contributed by atoms with Crippen LogP contribution in [0.25, 0.3) is 10.8 Å². The van der Waals surface area contributed by atoms with Crippen LogP contribution >= 0.6 is 11.6 Å². The van der Waals surface area contributed by atoms with Crippen molar-refractivity contribution in [2.45, 2.75) is 11.8 Å². The summed E-state index contributed by atoms with van der Waals surface area (Å²) in [4.78, 5) is 12.8. The third kappa shape index (κ3) is 5.93. The highest BCUT2D eigenvalue weighted by atomic mass is 35.5. The van der Waals surface area contributed by atoms with E-state index in [9.17, 15) is 13.2 Å². The molecule has 6 nitrogen and oxygen atoms in total. The molecule has 0 atom stereocenters. The largest absolute Gasteiger partial charge is 0.492 e. The average Bonchev–Trinajstić information content (AvgIpc) is 2.86. The van der Waals surface area contributed by atoms with Crippen LogP contribution < -0.4 is 14.4 Å². The van der Waals surface area contributed by atoms with Crippen LogP contribution in [0.1, 0.15) is 5.56 Å². The van der Waals surface area contributed by atoms with E-state index < -0.39 is 15.9 Å². The Morgan fingerprint density at radius 2 is 1.60 bits per heavy atom. The van der Waals surface area contributed by atoms with Gasteiger partial charge >= 0.3 is 0 Å². The number of fused-ring (bicyclic) bond motifs is 1. The lowest BCUT2D eigenvalue weighted by Crippen LogP contribution is -2.42. The smallest absolute Gasteiger partial charge is 0.264 e. The number of halogens is 1. The molecule has 0 fully saturated rings. The summed E-state index contributed by atoms with van der Waals surface area (Å²) in [5.41, 5.74) is 1.17. The second-order valence-electron chi connectivity index (χ2n) is 7.96. The average molecular weight is 509 g/mol. The number of nitrogens with zero attached hydrogens (tertiary/aromatic N) is 1. The molecule has 0 spiro atoms. The number of aryl methyl sites for hydroxylation is 1. The fourth-order valence-electron chi connectivity index (χ4n) is 3.68. The van der Waals surface area contributed by atoms with E-state index in [0.717, 1.165) is 20.6 Å². The highest BCUT2D eigenvalue weighted by Crippen LogP contribution is 2.27. The molecular formula is C27H25ClN2O4S. The van der Waals surface area contributed by atoms with Gasteiger partial charge in [0.15, 0.2) is 0 Å². The minimum atomic E-state index is -4.00. The Labute approximate surface area is 210 Å². The SMILES string of the molecule is Cc1ccccc1N(CC(=O)NCCOc1ccc2ccccc2c1)S(=O)(=O)c1ccc(Cl)cc1. The molecule has 0 unspecified atom stereocenters. The first-order valence-electron chi connectivity index (χ1n) is 11.1. The first-order chi connectivity index (χ1) is 16.8. The maximum atomic E-state index is 13.4. The van der Waals surface area contributed by atoms with Gasteiger partial charge in [-0.3, -0.25) is 9.10 Å². The van der Waals surface area contributed by atoms with Crippen molar-refractivity contribution in [1.29, 1.82) is 0 Å². The Balaban J connectivity index is 1.43. The zero-order valence-corrected chi connectivity index (χ0v) is 20.7. The number of amides is 1. The van der Waals surface area contributed by atoms with Gasteiger partial charge in [-0.2, -0.15) is 0 Å². The minimum Gasteiger partial charge on any atom is -0.492 e. The van der Waals surface area contributed by atoms with E-state index in [4.69, 9.17) is 16.3 Å². The maximum absolute atomic E-state index is 13.4. The second-order valence-corrected chi connectivity index (χ2v) is 10.3. The van der Waals surface area contributed by atoms with Gasteiger partial charge in [-0.1, -0.05) is 60.1 Å². The van der Waals surface area contributed by atoms with E-state index in [-0.39, 0.29) is 24.6 Å². The van der Waals surface area contributed by atoms with Crippen LogP contribution in [0.15, 0.2) is 95.9 Å². The Morgan fingerprint density at radius 3 is 2.34 bits per heavy atom. The van der Waals surface area contributed by atoms with Gasteiger partial charge in [0.05, 0.1) is 17.1 Å². The van der Waals surface area contributed by atoms with Gasteiger partial charge in [-0.25, -0.2) is 8.42 Å². The summed E-state index contributed by atoms with van der Waals surface area (Å²) in [5.74, 6) is 0.262. The van der Waals surface area contributed by atoms with E-state index >= 15 is 0 Å². The number of hydrogen-bond acceptors (Lipinski definition) is 4. The van der Waals surface area contributed by atoms with Crippen molar-refractivity contribution in [1.82, 2.24) is 5.32 Å². The molecule has 180 valence electrons. The Hall–Kier alpha value is -3.55. The molecule has 0 radical (unpaired) electrons. The second kappa shape index (κ2) is 10.8. The lowest BCUT2D eigenvalue weighted by Gasteiger charge is -2.25. The minimum absolute atomic E-state index is 0.0533. The third-order valence-corrected chi connectivity index (χ3v) is 7.51. The molecular weight excluding hydrogens is 484 g/mol. The molecule has 35 heavy (non-hydrogen) atoms. The predicted molar refractivity (Wildman–Crippen MR) is 140 cm³/mol. The lowest BCUT2D eigenvalue weighted by atomic mass is 10.1. The normalized spacial score (nSPS) is 11.3. The van der Waals surface area contributed by atoms with Gasteiger partial charge < -0.3 is 10.1 Å². The lowest BCUT2D eigenvalue weighted by molar-refractivity contribution is -0.119. The number of benzene rings is 4. The molecule has 0 aromatic heterocycles. The van der Waals surface area contributed by atoms with Crippen LogP contribution in [0.3, 0.4) is 0 Å². The Bertz CT molecular complexity index is 1440. The first kappa shape index (κ1) is 24.6. The monoisotopic (exact) mass is 508 g/mol. The van der Waals surface area contributed by atoms with Crippen LogP contribution in [0, 0.1) is 6.92 Å². The predicted octanol–water partition coefficient (Wildman–Crippen LogP) is 5.19. The number of hydrogen-bond donors (Lipinski definition) is 1. The summed E-state index contributed by atoms with van der Waals surface area (Å²) in [6, 6.07) is 26.7. The molecule has 0 aliphatic heterocycles. The number of para-hydroxylation sites is 1. The van der Waals surface area contributed by atoms with E-state index in [1.807, 2.05) is 48.5 Å². The van der Waals surface area contributed by atoms with Crippen molar-refractivity contribution in [2.75, 3.05) is 24.0 Å². The van der Waals surface area contributed by atoms with Gasteiger partial charge in [-0.05, 0) is 65.7 Å². The molecule has 8 heteroatoms. The molecule has 0 aliphatic rings. The summed E-state index contributed by atoms with van der Waals surface area (Å²) in [6.45, 7) is 1.91. The third-order valence-electron chi connectivity index (χ3n) is 5.49. The van der Waals surface area contributed by atoms with Gasteiger partial charge in [0.25, 0.3) is 10.0 Å². The maximum Gasteiger partial charge on any atom is 0.264 e. The number of sulfonamides is 1. The molecule has 1 amide bonds. The van der Waals surface area contributed by atoms with Crippen LogP contribution in [0.4, 0.5) is 5.69 Å². The van der Waals surface area contributed by atoms with Crippen molar-refractivity contribution >= 4 is 44.0 Å². The van der Waals surface area contributed by atoms with E-state index in [1.165, 1.54) is 24.3 Å². The highest BCUT2D eigenvalue weighted by molar-refractivity contribution is 7.92. The molecule has 4 rings (SSSR count). The van der Waals surface area contributed by atoms with Crippen molar-refractivity contribution in [2.24, 2.45) is 0 Å². The topological polar surface area (TPSA) is 75.7 Å². The number of anilines is 1. The number of carbonyl (C=O) groups excluding carboxylic acids is 1. The van der Waals surface area contributed by atoms with Gasteiger partial charge in [0.2, 0.25) is 5.91 Å². The standard InChI is InChI=1S/C27H25ClN2O4S/c1-20-6-2-5-9-26(20)30(35(32,33)25-14-11-23(28)12-15-25)19-27(31)29-16-17-34-24-13-10-21-7-3-4-8-22(21)18-24/h2-15,18H,16-17,19H2,1H3,(H,29,31). The summed E-state index contributed by atoms with van der Waals surface area (Å²) in [7, 11) is -4.00. The first-order valence-corrected chi connectivity index (χ1v) is 12.9. The summed E-state index contributed by atoms with van der Waals surface area (Å²) >= 11 is 5.93. The number of nitrogens with one attached hydrogen (secondary N) is 1. The van der Waals surface area contributed by atoms with Gasteiger partial charge in [0, 0.05) is 5.02 Å². The highest BCUT2D eigenvalue weighted by Gasteiger charge is 2.28. The zero-order chi connectivity index (χ0) is 24.8. The number of ether oxygens (including phenoxy) is 1. The number of carbonyl (C=O) groups is 1. The Kier molecular flexibility index (Phi) is 7.58. The molecule has 1 N–H and O–H groups in total. The molecule has 4 aromatic carbocycles. The zero-order valence-electron chi connectivity index (χ0n) is 19.1. The molecule has 0 bridgehead atoms. The van der Waals surface area contributed by atoms with E-state index in [0.29, 0.717) is 16.5 Å². The van der Waals surface area contributed by atoms with E-state index in [2.05, 4.69) is 5.32 Å². The van der Waals surface area contributed by atoms with Crippen molar-refractivity contribution in [3.63, 3.8) is 0 Å². The number of rotatable bonds is 9. The molecule has 4 aromatic rings. The van der Waals surface area contributed by atoms with Crippen molar-refractivity contribution in [3.05, 3.63) is 102 Å². The summed E-state index contributed by atoms with van der Waals surface area (Å²) < 4.78 is 33.7. The summed E-state index contributed by atoms with van der Waals surface area (Å²) in [6.07, 6.45) is 0. The summed E-state index contributed by atoms with van der Waals surface area (Å²) in [5, 5.41) is 5.36. The van der Waals surface area contributed by atoms with Crippen LogP contribution in [0.5, 0.6) is 5.75 Å². The van der Waals surface area contributed by atoms with Crippen molar-refractivity contribution < 1.29 is 17.9 Å². The molecule has 0 saturated heterocycles. The van der Waals surface area contributed by atoms with Crippen LogP contribution in [-0.2, 0) is 14.8 Å². The fourth-order valence-corrected chi connectivity index (χ4v) is 5.29. The van der Waals surface area contributed by atoms with E-state index in [1.54, 1.807) is 25.1 Å². The molecule has 0 heterocycles. The van der Waals surface area contributed by atoms with Crippen LogP contribution in [-0.4, -0.2) is 34.0 Å². The quantitative estimate of drug-likeness (QED) is 0.316. The van der Waals surface area contributed by atoms with Crippen molar-refractivity contribution in [3.8, 4) is 5.75 Å². The van der Waals surface area contributed by atoms with Crippen LogP contribution in [0.2, 0.25) is 5.02 Å². The Morgan fingerprint density at radius 1 is 0.914 bits per heavy atom. The fraction of sp³-hybridized carbons (Fsp3) is 0.148. The molecule has 0 aliphatic carbocycles. The molecule has 0 saturated carbocycles. The van der Waals surface area contributed by atoms with Gasteiger partial charge in [-0.15, -0.1) is 0 Å².